The molecule has 0 aromatic carbocycles. The lowest BCUT2D eigenvalue weighted by atomic mass is 10.3. The summed E-state index contributed by atoms with van der Waals surface area (Å²) in [6.07, 6.45) is 3.37. The highest BCUT2D eigenvalue weighted by Gasteiger charge is 2.07. The molecule has 0 fully saturated rings. The van der Waals surface area contributed by atoms with Gasteiger partial charge in [-0.25, -0.2) is 0 Å². The van der Waals surface area contributed by atoms with Crippen molar-refractivity contribution in [1.29, 1.82) is 0 Å². The Morgan fingerprint density at radius 2 is 1.50 bits per heavy atom. The second kappa shape index (κ2) is 5.35. The quantitative estimate of drug-likeness (QED) is 0.766. The van der Waals surface area contributed by atoms with Crippen LogP contribution in [0, 0.1) is 0 Å². The van der Waals surface area contributed by atoms with Crippen molar-refractivity contribution >= 4 is 5.69 Å². The van der Waals surface area contributed by atoms with Crippen LogP contribution in [0.15, 0.2) is 42.7 Å². The predicted octanol–water partition coefficient (Wildman–Crippen LogP) is 1.43. The Hall–Kier alpha value is -2.96. The Bertz CT molecular complexity index is 680. The average molecular weight is 265 g/mol. The van der Waals surface area contributed by atoms with E-state index < -0.39 is 0 Å². The van der Waals surface area contributed by atoms with Crippen LogP contribution < -0.4 is 5.32 Å². The molecule has 0 saturated heterocycles. The molecule has 0 unspecified atom stereocenters. The second-order valence-electron chi connectivity index (χ2n) is 3.94. The Balaban J connectivity index is 1.89. The number of nitrogens with zero attached hydrogens (tertiary/aromatic N) is 6. The van der Waals surface area contributed by atoms with Gasteiger partial charge in [0.05, 0.1) is 11.9 Å². The molecule has 7 nitrogen and oxygen atoms in total. The number of aromatic nitrogens is 6. The molecular formula is C13H11N7. The highest BCUT2D eigenvalue weighted by molar-refractivity contribution is 5.53. The van der Waals surface area contributed by atoms with Crippen molar-refractivity contribution in [1.82, 2.24) is 30.4 Å². The topological polar surface area (TPSA) is 89.4 Å². The van der Waals surface area contributed by atoms with Gasteiger partial charge < -0.3 is 5.32 Å². The lowest BCUT2D eigenvalue weighted by molar-refractivity contribution is 0.865. The van der Waals surface area contributed by atoms with Crippen molar-refractivity contribution in [2.45, 2.75) is 0 Å². The van der Waals surface area contributed by atoms with E-state index in [1.54, 1.807) is 18.5 Å². The molecule has 0 aliphatic heterocycles. The SMILES string of the molecule is CNc1ccc(-c2nnc(-c3ccccn3)nn2)nc1. The zero-order valence-electron chi connectivity index (χ0n) is 10.7. The van der Waals surface area contributed by atoms with Crippen molar-refractivity contribution in [3.63, 3.8) is 0 Å². The molecule has 0 saturated carbocycles. The van der Waals surface area contributed by atoms with Gasteiger partial charge in [-0.3, -0.25) is 9.97 Å². The van der Waals surface area contributed by atoms with E-state index in [1.165, 1.54) is 0 Å². The third-order valence-electron chi connectivity index (χ3n) is 2.65. The van der Waals surface area contributed by atoms with Gasteiger partial charge in [0.2, 0.25) is 11.6 Å². The second-order valence-corrected chi connectivity index (χ2v) is 3.94. The third kappa shape index (κ3) is 2.41. The largest absolute Gasteiger partial charge is 0.387 e. The molecule has 3 heterocycles. The minimum absolute atomic E-state index is 0.382. The van der Waals surface area contributed by atoms with Crippen molar-refractivity contribution in [3.05, 3.63) is 42.7 Å². The van der Waals surface area contributed by atoms with Crippen LogP contribution in [0.1, 0.15) is 0 Å². The predicted molar refractivity (Wildman–Crippen MR) is 73.6 cm³/mol. The van der Waals surface area contributed by atoms with E-state index in [2.05, 4.69) is 35.7 Å². The summed E-state index contributed by atoms with van der Waals surface area (Å²) >= 11 is 0. The van der Waals surface area contributed by atoms with E-state index in [4.69, 9.17) is 0 Å². The number of nitrogens with one attached hydrogen (secondary N) is 1. The third-order valence-corrected chi connectivity index (χ3v) is 2.65. The van der Waals surface area contributed by atoms with E-state index in [9.17, 15) is 0 Å². The molecule has 0 spiro atoms. The monoisotopic (exact) mass is 265 g/mol. The molecule has 3 aromatic heterocycles. The first kappa shape index (κ1) is 12.1. The van der Waals surface area contributed by atoms with Gasteiger partial charge in [0.1, 0.15) is 11.4 Å². The summed E-state index contributed by atoms with van der Waals surface area (Å²) in [6.45, 7) is 0. The van der Waals surface area contributed by atoms with Crippen LogP contribution in [0.3, 0.4) is 0 Å². The van der Waals surface area contributed by atoms with Gasteiger partial charge in [0, 0.05) is 13.2 Å². The molecule has 0 radical (unpaired) electrons. The molecule has 7 heteroatoms. The van der Waals surface area contributed by atoms with E-state index in [1.807, 2.05) is 31.3 Å². The fourth-order valence-corrected chi connectivity index (χ4v) is 1.60. The van der Waals surface area contributed by atoms with Gasteiger partial charge >= 0.3 is 0 Å². The fourth-order valence-electron chi connectivity index (χ4n) is 1.60. The lowest BCUT2D eigenvalue weighted by Crippen LogP contribution is -2.01. The molecule has 0 bridgehead atoms. The summed E-state index contributed by atoms with van der Waals surface area (Å²) in [5, 5.41) is 19.1. The van der Waals surface area contributed by atoms with Gasteiger partial charge in [-0.1, -0.05) is 6.07 Å². The van der Waals surface area contributed by atoms with Crippen LogP contribution in [0.2, 0.25) is 0 Å². The first-order valence-electron chi connectivity index (χ1n) is 6.00. The van der Waals surface area contributed by atoms with Crippen LogP contribution in [0.25, 0.3) is 23.0 Å². The Morgan fingerprint density at radius 1 is 0.800 bits per heavy atom. The van der Waals surface area contributed by atoms with Crippen molar-refractivity contribution in [2.75, 3.05) is 12.4 Å². The molecule has 3 rings (SSSR count). The first-order chi connectivity index (χ1) is 9.86. The summed E-state index contributed by atoms with van der Waals surface area (Å²) in [5.41, 5.74) is 2.17. The zero-order valence-corrected chi connectivity index (χ0v) is 10.7. The highest BCUT2D eigenvalue weighted by Crippen LogP contribution is 2.14. The molecule has 0 aliphatic rings. The summed E-state index contributed by atoms with van der Waals surface area (Å²) in [5.74, 6) is 0.772. The highest BCUT2D eigenvalue weighted by atomic mass is 15.3. The van der Waals surface area contributed by atoms with Crippen LogP contribution >= 0.6 is 0 Å². The Kier molecular flexibility index (Phi) is 3.24. The van der Waals surface area contributed by atoms with Crippen molar-refractivity contribution in [3.8, 4) is 23.0 Å². The van der Waals surface area contributed by atoms with Crippen LogP contribution in [0.4, 0.5) is 5.69 Å². The van der Waals surface area contributed by atoms with Crippen LogP contribution in [0.5, 0.6) is 0 Å². The number of anilines is 1. The van der Waals surface area contributed by atoms with Gasteiger partial charge in [0.25, 0.3) is 0 Å². The number of hydrogen-bond donors (Lipinski definition) is 1. The van der Waals surface area contributed by atoms with Gasteiger partial charge in [-0.2, -0.15) is 0 Å². The van der Waals surface area contributed by atoms with E-state index in [0.717, 1.165) is 5.69 Å². The molecule has 0 atom stereocenters. The number of rotatable bonds is 3. The molecule has 20 heavy (non-hydrogen) atoms. The summed E-state index contributed by atoms with van der Waals surface area (Å²) in [7, 11) is 1.83. The molecule has 1 N–H and O–H groups in total. The summed E-state index contributed by atoms with van der Waals surface area (Å²) in [4.78, 5) is 8.38. The first-order valence-corrected chi connectivity index (χ1v) is 6.00. The molecule has 98 valence electrons. The Labute approximate surface area is 115 Å². The summed E-state index contributed by atoms with van der Waals surface area (Å²) < 4.78 is 0. The normalized spacial score (nSPS) is 10.2. The van der Waals surface area contributed by atoms with Crippen molar-refractivity contribution in [2.24, 2.45) is 0 Å². The van der Waals surface area contributed by atoms with Crippen LogP contribution in [-0.2, 0) is 0 Å². The van der Waals surface area contributed by atoms with Gasteiger partial charge in [-0.05, 0) is 24.3 Å². The lowest BCUT2D eigenvalue weighted by Gasteiger charge is -2.01. The minimum Gasteiger partial charge on any atom is -0.387 e. The maximum atomic E-state index is 4.24. The van der Waals surface area contributed by atoms with E-state index in [-0.39, 0.29) is 0 Å². The standard InChI is InChI=1S/C13H11N7/c1-14-9-5-6-11(16-8-9)13-19-17-12(18-20-13)10-4-2-3-7-15-10/h2-8,14H,1H3. The van der Waals surface area contributed by atoms with Gasteiger partial charge in [0.15, 0.2) is 0 Å². The maximum Gasteiger partial charge on any atom is 0.221 e. The summed E-state index contributed by atoms with van der Waals surface area (Å²) in [6, 6.07) is 9.19. The molecule has 0 aliphatic carbocycles. The number of hydrogen-bond acceptors (Lipinski definition) is 7. The van der Waals surface area contributed by atoms with E-state index >= 15 is 0 Å². The van der Waals surface area contributed by atoms with Crippen LogP contribution in [-0.4, -0.2) is 37.4 Å². The zero-order chi connectivity index (χ0) is 13.8. The molecule has 3 aromatic rings. The molecule has 0 amide bonds. The van der Waals surface area contributed by atoms with Gasteiger partial charge in [-0.15, -0.1) is 20.4 Å². The smallest absolute Gasteiger partial charge is 0.221 e. The van der Waals surface area contributed by atoms with Crippen molar-refractivity contribution < 1.29 is 0 Å². The fraction of sp³-hybridized carbons (Fsp3) is 0.0769. The average Bonchev–Trinajstić information content (AvgIpc) is 2.56. The maximum absolute atomic E-state index is 4.24. The minimum atomic E-state index is 0.382. The Morgan fingerprint density at radius 3 is 2.00 bits per heavy atom. The van der Waals surface area contributed by atoms with E-state index in [0.29, 0.717) is 23.0 Å². The number of pyridine rings is 2. The molecular weight excluding hydrogens is 254 g/mol.